The van der Waals surface area contributed by atoms with E-state index in [1.54, 1.807) is 0 Å². The quantitative estimate of drug-likeness (QED) is 0.441. The first-order chi connectivity index (χ1) is 16.6. The van der Waals surface area contributed by atoms with Crippen molar-refractivity contribution in [1.82, 2.24) is 0 Å². The summed E-state index contributed by atoms with van der Waals surface area (Å²) in [5.74, 6) is 0.188. The van der Waals surface area contributed by atoms with Crippen LogP contribution in [-0.4, -0.2) is 23.8 Å². The fourth-order valence-corrected chi connectivity index (χ4v) is 6.28. The number of aliphatic hydroxyl groups is 1. The molecule has 3 nitrogen and oxygen atoms in total. The molecule has 4 atom stereocenters. The minimum Gasteiger partial charge on any atom is -0.393 e. The zero-order chi connectivity index (χ0) is 24.8. The lowest BCUT2D eigenvalue weighted by atomic mass is 9.66. The van der Waals surface area contributed by atoms with Gasteiger partial charge in [-0.15, -0.1) is 0 Å². The van der Waals surface area contributed by atoms with Crippen molar-refractivity contribution >= 4 is 11.4 Å². The highest BCUT2D eigenvalue weighted by molar-refractivity contribution is 5.59. The van der Waals surface area contributed by atoms with Gasteiger partial charge in [0.05, 0.1) is 6.10 Å². The van der Waals surface area contributed by atoms with Crippen molar-refractivity contribution in [2.45, 2.75) is 71.2 Å². The van der Waals surface area contributed by atoms with Gasteiger partial charge in [-0.2, -0.15) is 0 Å². The molecule has 3 aromatic carbocycles. The summed E-state index contributed by atoms with van der Waals surface area (Å²) in [5, 5.41) is 11.4. The fraction of sp³-hybridized carbons (Fsp3) is 0.438. The molecule has 3 heteroatoms. The summed E-state index contributed by atoms with van der Waals surface area (Å²) >= 11 is 0. The monoisotopic (exact) mass is 468 g/mol. The molecule has 184 valence electrons. The van der Waals surface area contributed by atoms with Gasteiger partial charge in [0.1, 0.15) is 6.17 Å². The molecule has 1 saturated carbocycles. The van der Waals surface area contributed by atoms with E-state index in [1.807, 2.05) is 0 Å². The first-order valence-corrected chi connectivity index (χ1v) is 13.1. The standard InChI is InChI=1S/C32H40N2O/c1-31(2,3)24-18-16-23(17-19-24)30-33(25-12-8-6-9-13-25)22-27-28(20-32(4,5)21-29(27)35)34(30)26-14-10-7-11-15-26/h6-19,27-30,35H,20-22H2,1-5H3. The Morgan fingerprint density at radius 1 is 0.771 bits per heavy atom. The fourth-order valence-electron chi connectivity index (χ4n) is 6.28. The summed E-state index contributed by atoms with van der Waals surface area (Å²) in [6.45, 7) is 12.3. The lowest BCUT2D eigenvalue weighted by Crippen LogP contribution is -2.64. The summed E-state index contributed by atoms with van der Waals surface area (Å²) in [4.78, 5) is 5.12. The highest BCUT2D eigenvalue weighted by atomic mass is 16.3. The number of hydrogen-bond donors (Lipinski definition) is 1. The van der Waals surface area contributed by atoms with Gasteiger partial charge in [-0.25, -0.2) is 0 Å². The second kappa shape index (κ2) is 9.02. The van der Waals surface area contributed by atoms with Crippen LogP contribution in [0.25, 0.3) is 0 Å². The van der Waals surface area contributed by atoms with Gasteiger partial charge in [0.25, 0.3) is 0 Å². The van der Waals surface area contributed by atoms with Crippen LogP contribution in [0.4, 0.5) is 11.4 Å². The molecule has 4 unspecified atom stereocenters. The SMILES string of the molecule is CC1(C)CC(O)C2CN(c3ccccc3)C(c3ccc(C(C)(C)C)cc3)N(c3ccccc3)C2C1. The number of anilines is 2. The van der Waals surface area contributed by atoms with Crippen LogP contribution < -0.4 is 9.80 Å². The minimum absolute atomic E-state index is 0.0520. The van der Waals surface area contributed by atoms with E-state index in [1.165, 1.54) is 22.5 Å². The van der Waals surface area contributed by atoms with Crippen LogP contribution in [0, 0.1) is 11.3 Å². The largest absolute Gasteiger partial charge is 0.393 e. The second-order valence-electron chi connectivity index (χ2n) is 12.3. The molecule has 1 N–H and O–H groups in total. The molecule has 0 amide bonds. The van der Waals surface area contributed by atoms with Crippen LogP contribution in [0.5, 0.6) is 0 Å². The van der Waals surface area contributed by atoms with Crippen molar-refractivity contribution in [2.24, 2.45) is 11.3 Å². The van der Waals surface area contributed by atoms with Gasteiger partial charge in [0, 0.05) is 29.9 Å². The predicted octanol–water partition coefficient (Wildman–Crippen LogP) is 7.18. The van der Waals surface area contributed by atoms with Crippen molar-refractivity contribution < 1.29 is 5.11 Å². The van der Waals surface area contributed by atoms with Gasteiger partial charge in [-0.3, -0.25) is 0 Å². The average molecular weight is 469 g/mol. The number of fused-ring (bicyclic) bond motifs is 1. The number of benzene rings is 3. The van der Waals surface area contributed by atoms with Crippen LogP contribution in [-0.2, 0) is 5.41 Å². The molecule has 2 fully saturated rings. The summed E-state index contributed by atoms with van der Waals surface area (Å²) in [6, 6.07) is 31.1. The first kappa shape index (κ1) is 23.9. The van der Waals surface area contributed by atoms with Crippen molar-refractivity contribution in [3.8, 4) is 0 Å². The molecular weight excluding hydrogens is 428 g/mol. The molecule has 1 aliphatic heterocycles. The molecule has 0 radical (unpaired) electrons. The van der Waals surface area contributed by atoms with Crippen LogP contribution >= 0.6 is 0 Å². The van der Waals surface area contributed by atoms with Crippen LogP contribution in [0.15, 0.2) is 84.9 Å². The average Bonchev–Trinajstić information content (AvgIpc) is 2.83. The maximum atomic E-state index is 11.4. The molecule has 2 aliphatic rings. The van der Waals surface area contributed by atoms with Crippen molar-refractivity contribution in [2.75, 3.05) is 16.3 Å². The Bertz CT molecular complexity index is 1120. The molecular formula is C32H40N2O. The van der Waals surface area contributed by atoms with E-state index in [0.29, 0.717) is 0 Å². The van der Waals surface area contributed by atoms with E-state index in [2.05, 4.69) is 129 Å². The molecule has 0 aromatic heterocycles. The van der Waals surface area contributed by atoms with Crippen LogP contribution in [0.3, 0.4) is 0 Å². The lowest BCUT2D eigenvalue weighted by molar-refractivity contribution is -0.00719. The topological polar surface area (TPSA) is 26.7 Å². The van der Waals surface area contributed by atoms with E-state index in [9.17, 15) is 5.11 Å². The van der Waals surface area contributed by atoms with E-state index >= 15 is 0 Å². The third kappa shape index (κ3) is 4.71. The lowest BCUT2D eigenvalue weighted by Gasteiger charge is -2.59. The normalized spacial score (nSPS) is 26.3. The van der Waals surface area contributed by atoms with Crippen molar-refractivity contribution in [3.63, 3.8) is 0 Å². The number of aliphatic hydroxyl groups excluding tert-OH is 1. The van der Waals surface area contributed by atoms with E-state index < -0.39 is 0 Å². The Balaban J connectivity index is 1.68. The van der Waals surface area contributed by atoms with Crippen molar-refractivity contribution in [3.05, 3.63) is 96.1 Å². The number of para-hydroxylation sites is 2. The first-order valence-electron chi connectivity index (χ1n) is 13.1. The van der Waals surface area contributed by atoms with Gasteiger partial charge in [-0.1, -0.05) is 95.3 Å². The van der Waals surface area contributed by atoms with Gasteiger partial charge < -0.3 is 14.9 Å². The Kier molecular flexibility index (Phi) is 6.17. The molecule has 0 spiro atoms. The maximum Gasteiger partial charge on any atom is 0.128 e. The highest BCUT2D eigenvalue weighted by Crippen LogP contribution is 2.49. The smallest absolute Gasteiger partial charge is 0.128 e. The van der Waals surface area contributed by atoms with Gasteiger partial charge >= 0.3 is 0 Å². The Morgan fingerprint density at radius 2 is 1.34 bits per heavy atom. The minimum atomic E-state index is -0.314. The number of rotatable bonds is 3. The van der Waals surface area contributed by atoms with E-state index in [-0.39, 0.29) is 35.1 Å². The number of nitrogens with zero attached hydrogens (tertiary/aromatic N) is 2. The molecule has 0 bridgehead atoms. The van der Waals surface area contributed by atoms with Gasteiger partial charge in [0.2, 0.25) is 0 Å². The summed E-state index contributed by atoms with van der Waals surface area (Å²) < 4.78 is 0. The predicted molar refractivity (Wildman–Crippen MR) is 147 cm³/mol. The second-order valence-corrected chi connectivity index (χ2v) is 12.3. The Hall–Kier alpha value is -2.78. The zero-order valence-corrected chi connectivity index (χ0v) is 21.9. The molecule has 1 saturated heterocycles. The highest BCUT2D eigenvalue weighted by Gasteiger charge is 2.50. The molecule has 5 rings (SSSR count). The van der Waals surface area contributed by atoms with Gasteiger partial charge in [0.15, 0.2) is 0 Å². The Labute approximate surface area is 211 Å². The third-order valence-electron chi connectivity index (χ3n) is 8.05. The Morgan fingerprint density at radius 3 is 1.91 bits per heavy atom. The van der Waals surface area contributed by atoms with Crippen molar-refractivity contribution in [1.29, 1.82) is 0 Å². The van der Waals surface area contributed by atoms with E-state index in [0.717, 1.165) is 19.4 Å². The van der Waals surface area contributed by atoms with Gasteiger partial charge in [-0.05, 0) is 59.1 Å². The van der Waals surface area contributed by atoms with Crippen LogP contribution in [0.2, 0.25) is 0 Å². The molecule has 1 aliphatic carbocycles. The summed E-state index contributed by atoms with van der Waals surface area (Å²) in [6.07, 6.45) is 1.66. The number of hydrogen-bond acceptors (Lipinski definition) is 3. The zero-order valence-electron chi connectivity index (χ0n) is 21.9. The molecule has 3 aromatic rings. The summed E-state index contributed by atoms with van der Waals surface area (Å²) in [7, 11) is 0. The summed E-state index contributed by atoms with van der Waals surface area (Å²) in [5.41, 5.74) is 5.28. The maximum absolute atomic E-state index is 11.4. The van der Waals surface area contributed by atoms with E-state index in [4.69, 9.17) is 0 Å². The van der Waals surface area contributed by atoms with Crippen LogP contribution in [0.1, 0.15) is 64.8 Å². The third-order valence-corrected chi connectivity index (χ3v) is 8.05. The molecule has 35 heavy (non-hydrogen) atoms. The molecule has 1 heterocycles.